The molecule has 186 valence electrons. The van der Waals surface area contributed by atoms with Gasteiger partial charge < -0.3 is 9.13 Å². The average molecular weight is 516 g/mol. The number of imidazole rings is 2. The molecule has 0 bridgehead atoms. The third-order valence-electron chi connectivity index (χ3n) is 6.60. The standard InChI is InChI=1S/C29H33N5S2/c35-20-9-1-7-18-33-26-16-5-3-12-22(26)31-28(33)24-14-11-15-25(30-24)29-32-23-13-4-6-17-27(23)34(29)19-8-2-10-21-36/h3-6,11-17,35-36H,1-2,7-10,18-21H2. The van der Waals surface area contributed by atoms with Crippen molar-refractivity contribution in [1.29, 1.82) is 0 Å². The number of pyridine rings is 1. The molecule has 0 saturated carbocycles. The molecule has 0 saturated heterocycles. The van der Waals surface area contributed by atoms with Crippen LogP contribution in [0.15, 0.2) is 66.7 Å². The van der Waals surface area contributed by atoms with Gasteiger partial charge in [-0.25, -0.2) is 15.0 Å². The number of fused-ring (bicyclic) bond motifs is 2. The lowest BCUT2D eigenvalue weighted by atomic mass is 10.2. The zero-order valence-electron chi connectivity index (χ0n) is 20.6. The second-order valence-electron chi connectivity index (χ2n) is 9.13. The fourth-order valence-corrected chi connectivity index (χ4v) is 5.24. The first-order valence-corrected chi connectivity index (χ1v) is 14.2. The summed E-state index contributed by atoms with van der Waals surface area (Å²) in [5.74, 6) is 3.69. The maximum Gasteiger partial charge on any atom is 0.159 e. The van der Waals surface area contributed by atoms with Gasteiger partial charge in [-0.3, -0.25) is 0 Å². The van der Waals surface area contributed by atoms with Crippen LogP contribution >= 0.6 is 25.3 Å². The number of thiol groups is 2. The third-order valence-corrected chi connectivity index (χ3v) is 7.23. The molecule has 0 aliphatic rings. The molecule has 5 nitrogen and oxygen atoms in total. The number of benzene rings is 2. The molecular formula is C29H33N5S2. The van der Waals surface area contributed by atoms with Gasteiger partial charge in [-0.1, -0.05) is 43.2 Å². The monoisotopic (exact) mass is 515 g/mol. The Labute approximate surface area is 223 Å². The lowest BCUT2D eigenvalue weighted by molar-refractivity contribution is 0.618. The summed E-state index contributed by atoms with van der Waals surface area (Å²) < 4.78 is 4.64. The van der Waals surface area contributed by atoms with Gasteiger partial charge >= 0.3 is 0 Å². The molecule has 5 rings (SSSR count). The molecule has 7 heteroatoms. The Morgan fingerprint density at radius 1 is 0.500 bits per heavy atom. The van der Waals surface area contributed by atoms with E-state index in [1.54, 1.807) is 0 Å². The smallest absolute Gasteiger partial charge is 0.159 e. The van der Waals surface area contributed by atoms with E-state index in [0.29, 0.717) is 0 Å². The van der Waals surface area contributed by atoms with E-state index in [2.05, 4.69) is 89.0 Å². The summed E-state index contributed by atoms with van der Waals surface area (Å²) in [6.45, 7) is 1.83. The zero-order valence-corrected chi connectivity index (χ0v) is 22.3. The predicted octanol–water partition coefficient (Wildman–Crippen LogP) is 7.32. The van der Waals surface area contributed by atoms with E-state index in [1.807, 2.05) is 12.1 Å². The average Bonchev–Trinajstić information content (AvgIpc) is 3.48. The molecule has 3 heterocycles. The minimum Gasteiger partial charge on any atom is -0.323 e. The first-order valence-electron chi connectivity index (χ1n) is 12.9. The molecular weight excluding hydrogens is 482 g/mol. The van der Waals surface area contributed by atoms with E-state index < -0.39 is 0 Å². The van der Waals surface area contributed by atoms with Crippen LogP contribution in [0.1, 0.15) is 38.5 Å². The Balaban J connectivity index is 1.54. The summed E-state index contributed by atoms with van der Waals surface area (Å²) >= 11 is 8.74. The Bertz CT molecular complexity index is 1330. The topological polar surface area (TPSA) is 48.5 Å². The molecule has 0 spiro atoms. The molecule has 0 amide bonds. The molecule has 3 aromatic heterocycles. The predicted molar refractivity (Wildman–Crippen MR) is 157 cm³/mol. The molecule has 0 N–H and O–H groups in total. The van der Waals surface area contributed by atoms with Crippen molar-refractivity contribution in [3.8, 4) is 23.0 Å². The molecule has 5 aromatic rings. The Kier molecular flexibility index (Phi) is 8.29. The minimum absolute atomic E-state index is 0.881. The number of aryl methyl sites for hydroxylation is 2. The Hall–Kier alpha value is -2.77. The van der Waals surface area contributed by atoms with Crippen molar-refractivity contribution < 1.29 is 0 Å². The highest BCUT2D eigenvalue weighted by atomic mass is 32.1. The van der Waals surface area contributed by atoms with E-state index in [9.17, 15) is 0 Å². The number of hydrogen-bond donors (Lipinski definition) is 2. The highest BCUT2D eigenvalue weighted by Crippen LogP contribution is 2.29. The van der Waals surface area contributed by atoms with Crippen molar-refractivity contribution in [1.82, 2.24) is 24.1 Å². The van der Waals surface area contributed by atoms with Crippen LogP contribution in [-0.2, 0) is 13.1 Å². The lowest BCUT2D eigenvalue weighted by Gasteiger charge is -2.11. The van der Waals surface area contributed by atoms with Gasteiger partial charge in [-0.05, 0) is 73.6 Å². The fourth-order valence-electron chi connectivity index (χ4n) is 4.80. The molecule has 2 aromatic carbocycles. The molecule has 0 aliphatic heterocycles. The van der Waals surface area contributed by atoms with Gasteiger partial charge in [0.1, 0.15) is 11.4 Å². The van der Waals surface area contributed by atoms with Crippen LogP contribution in [-0.4, -0.2) is 35.6 Å². The summed E-state index contributed by atoms with van der Waals surface area (Å²) in [5.41, 5.74) is 6.08. The van der Waals surface area contributed by atoms with Gasteiger partial charge in [0, 0.05) is 13.1 Å². The summed E-state index contributed by atoms with van der Waals surface area (Å²) in [7, 11) is 0. The minimum atomic E-state index is 0.881. The molecule has 0 aliphatic carbocycles. The highest BCUT2D eigenvalue weighted by molar-refractivity contribution is 7.80. The van der Waals surface area contributed by atoms with Crippen LogP contribution in [0.3, 0.4) is 0 Å². The molecule has 36 heavy (non-hydrogen) atoms. The normalized spacial score (nSPS) is 11.6. The van der Waals surface area contributed by atoms with Gasteiger partial charge in [-0.15, -0.1) is 0 Å². The van der Waals surface area contributed by atoms with Crippen LogP contribution in [0, 0.1) is 0 Å². The first-order chi connectivity index (χ1) is 17.8. The number of nitrogens with zero attached hydrogens (tertiary/aromatic N) is 5. The lowest BCUT2D eigenvalue weighted by Crippen LogP contribution is -2.04. The van der Waals surface area contributed by atoms with Crippen LogP contribution < -0.4 is 0 Å². The summed E-state index contributed by atoms with van der Waals surface area (Å²) in [5, 5.41) is 0. The van der Waals surface area contributed by atoms with E-state index in [-0.39, 0.29) is 0 Å². The second kappa shape index (κ2) is 12.0. The van der Waals surface area contributed by atoms with Gasteiger partial charge in [0.05, 0.1) is 22.1 Å². The molecule has 0 fully saturated rings. The number of para-hydroxylation sites is 4. The van der Waals surface area contributed by atoms with E-state index >= 15 is 0 Å². The van der Waals surface area contributed by atoms with Crippen molar-refractivity contribution in [2.24, 2.45) is 0 Å². The van der Waals surface area contributed by atoms with Crippen LogP contribution in [0.5, 0.6) is 0 Å². The van der Waals surface area contributed by atoms with Crippen LogP contribution in [0.25, 0.3) is 45.1 Å². The number of unbranched alkanes of at least 4 members (excludes halogenated alkanes) is 4. The maximum absolute atomic E-state index is 5.12. The van der Waals surface area contributed by atoms with Crippen molar-refractivity contribution in [2.75, 3.05) is 11.5 Å². The second-order valence-corrected chi connectivity index (χ2v) is 10.0. The van der Waals surface area contributed by atoms with Crippen molar-refractivity contribution in [3.05, 3.63) is 66.7 Å². The van der Waals surface area contributed by atoms with E-state index in [1.165, 1.54) is 0 Å². The van der Waals surface area contributed by atoms with Crippen molar-refractivity contribution in [2.45, 2.75) is 51.6 Å². The summed E-state index contributed by atoms with van der Waals surface area (Å²) in [6, 6.07) is 22.9. The zero-order chi connectivity index (χ0) is 24.7. The van der Waals surface area contributed by atoms with Gasteiger partial charge in [-0.2, -0.15) is 25.3 Å². The summed E-state index contributed by atoms with van der Waals surface area (Å²) in [4.78, 5) is 15.1. The largest absolute Gasteiger partial charge is 0.323 e. The van der Waals surface area contributed by atoms with Gasteiger partial charge in [0.25, 0.3) is 0 Å². The van der Waals surface area contributed by atoms with Crippen LogP contribution in [0.4, 0.5) is 0 Å². The first kappa shape index (κ1) is 24.9. The quantitative estimate of drug-likeness (QED) is 0.135. The number of rotatable bonds is 12. The fraction of sp³-hybridized carbons (Fsp3) is 0.345. The van der Waals surface area contributed by atoms with Crippen LogP contribution in [0.2, 0.25) is 0 Å². The SMILES string of the molecule is SCCCCCn1c(-c2cccc(-c3nc4ccccc4n3CCCCCS)n2)nc2ccccc21. The molecule has 0 radical (unpaired) electrons. The number of hydrogen-bond acceptors (Lipinski definition) is 5. The van der Waals surface area contributed by atoms with Gasteiger partial charge in [0.15, 0.2) is 11.6 Å². The van der Waals surface area contributed by atoms with Crippen molar-refractivity contribution in [3.63, 3.8) is 0 Å². The number of aromatic nitrogens is 5. The third kappa shape index (κ3) is 5.32. The summed E-state index contributed by atoms with van der Waals surface area (Å²) in [6.07, 6.45) is 6.75. The van der Waals surface area contributed by atoms with Gasteiger partial charge in [0.2, 0.25) is 0 Å². The van der Waals surface area contributed by atoms with Crippen molar-refractivity contribution >= 4 is 47.3 Å². The Morgan fingerprint density at radius 3 is 1.44 bits per heavy atom. The van der Waals surface area contributed by atoms with E-state index in [0.717, 1.165) is 108 Å². The highest BCUT2D eigenvalue weighted by Gasteiger charge is 2.17. The van der Waals surface area contributed by atoms with E-state index in [4.69, 9.17) is 15.0 Å². The maximum atomic E-state index is 5.12. The molecule has 0 unspecified atom stereocenters. The Morgan fingerprint density at radius 2 is 0.972 bits per heavy atom. The molecule has 0 atom stereocenters.